The lowest BCUT2D eigenvalue weighted by atomic mass is 10.1. The molecule has 0 atom stereocenters. The Labute approximate surface area is 151 Å². The molecule has 0 saturated heterocycles. The summed E-state index contributed by atoms with van der Waals surface area (Å²) in [5, 5.41) is 10.1. The van der Waals surface area contributed by atoms with Gasteiger partial charge in [0.25, 0.3) is 0 Å². The monoisotopic (exact) mass is 379 g/mol. The molecule has 0 aliphatic carbocycles. The lowest BCUT2D eigenvalue weighted by Crippen LogP contribution is -2.36. The zero-order chi connectivity index (χ0) is 18.2. The van der Waals surface area contributed by atoms with Gasteiger partial charge in [-0.05, 0) is 60.5 Å². The molecule has 3 rings (SSSR count). The molecule has 1 amide bonds. The van der Waals surface area contributed by atoms with Crippen LogP contribution in [0, 0.1) is 13.8 Å². The van der Waals surface area contributed by atoms with E-state index >= 15 is 0 Å². The number of nitrogens with two attached hydrogens (primary N) is 1. The summed E-state index contributed by atoms with van der Waals surface area (Å²) < 4.78 is 23.2. The molecule has 25 heavy (non-hydrogen) atoms. The molecule has 3 N–H and O–H groups in total. The zero-order valence-electron chi connectivity index (χ0n) is 14.2. The maximum atomic E-state index is 12.4. The van der Waals surface area contributed by atoms with Gasteiger partial charge in [-0.1, -0.05) is 0 Å². The van der Waals surface area contributed by atoms with Gasteiger partial charge in [-0.3, -0.25) is 9.69 Å². The molecular weight excluding hydrogens is 358 g/mol. The molecule has 2 heterocycles. The van der Waals surface area contributed by atoms with Crippen LogP contribution in [0.2, 0.25) is 0 Å². The molecule has 0 radical (unpaired) electrons. The SMILES string of the molecule is Cc1cc(S(N)(=O)=O)cc(NC(=O)CN2CCc3sccc3C2)c1C. The summed E-state index contributed by atoms with van der Waals surface area (Å²) in [4.78, 5) is 15.9. The summed E-state index contributed by atoms with van der Waals surface area (Å²) in [6.07, 6.45) is 0.958. The van der Waals surface area contributed by atoms with Gasteiger partial charge in [0.15, 0.2) is 0 Å². The fourth-order valence-electron chi connectivity index (χ4n) is 2.96. The third-order valence-corrected chi connectivity index (χ3v) is 6.41. The minimum Gasteiger partial charge on any atom is -0.325 e. The number of aryl methyl sites for hydroxylation is 1. The van der Waals surface area contributed by atoms with Crippen molar-refractivity contribution in [2.75, 3.05) is 18.4 Å². The largest absolute Gasteiger partial charge is 0.325 e. The van der Waals surface area contributed by atoms with Gasteiger partial charge < -0.3 is 5.32 Å². The molecule has 0 fully saturated rings. The first-order valence-electron chi connectivity index (χ1n) is 7.95. The number of nitrogens with one attached hydrogen (secondary N) is 1. The molecule has 6 nitrogen and oxygen atoms in total. The number of hydrogen-bond donors (Lipinski definition) is 2. The maximum Gasteiger partial charge on any atom is 0.238 e. The van der Waals surface area contributed by atoms with E-state index in [2.05, 4.69) is 21.7 Å². The van der Waals surface area contributed by atoms with Crippen LogP contribution in [0.1, 0.15) is 21.6 Å². The first-order valence-corrected chi connectivity index (χ1v) is 10.4. The Hall–Kier alpha value is -1.74. The van der Waals surface area contributed by atoms with Crippen molar-refractivity contribution < 1.29 is 13.2 Å². The summed E-state index contributed by atoms with van der Waals surface area (Å²) in [6, 6.07) is 5.04. The van der Waals surface area contributed by atoms with E-state index in [-0.39, 0.29) is 17.3 Å². The van der Waals surface area contributed by atoms with Gasteiger partial charge in [0.2, 0.25) is 15.9 Å². The Bertz CT molecular complexity index is 919. The van der Waals surface area contributed by atoms with Crippen LogP contribution in [0.3, 0.4) is 0 Å². The Balaban J connectivity index is 1.72. The standard InChI is InChI=1S/C17H21N3O3S2/c1-11-7-14(25(18,22)23)8-15(12(11)2)19-17(21)10-20-5-3-16-13(9-20)4-6-24-16/h4,6-8H,3,5,9-10H2,1-2H3,(H,19,21)(H2,18,22,23). The smallest absolute Gasteiger partial charge is 0.238 e. The predicted molar refractivity (Wildman–Crippen MR) is 99.2 cm³/mol. The van der Waals surface area contributed by atoms with Gasteiger partial charge in [-0.15, -0.1) is 11.3 Å². The van der Waals surface area contributed by atoms with Crippen LogP contribution in [0.5, 0.6) is 0 Å². The first kappa shape index (κ1) is 18.1. The lowest BCUT2D eigenvalue weighted by Gasteiger charge is -2.26. The summed E-state index contributed by atoms with van der Waals surface area (Å²) in [7, 11) is -3.82. The topological polar surface area (TPSA) is 92.5 Å². The van der Waals surface area contributed by atoms with Gasteiger partial charge in [0.05, 0.1) is 11.4 Å². The van der Waals surface area contributed by atoms with Crippen molar-refractivity contribution in [3.8, 4) is 0 Å². The number of sulfonamides is 1. The van der Waals surface area contributed by atoms with Crippen molar-refractivity contribution >= 4 is 33.0 Å². The average molecular weight is 380 g/mol. The molecule has 0 unspecified atom stereocenters. The minimum atomic E-state index is -3.82. The number of fused-ring (bicyclic) bond motifs is 1. The van der Waals surface area contributed by atoms with Crippen LogP contribution in [-0.4, -0.2) is 32.3 Å². The number of amides is 1. The summed E-state index contributed by atoms with van der Waals surface area (Å²) in [5.74, 6) is -0.159. The first-order chi connectivity index (χ1) is 11.7. The minimum absolute atomic E-state index is 0.00628. The van der Waals surface area contributed by atoms with Crippen molar-refractivity contribution in [1.29, 1.82) is 0 Å². The molecule has 1 aliphatic rings. The number of carbonyl (C=O) groups is 1. The zero-order valence-corrected chi connectivity index (χ0v) is 15.8. The van der Waals surface area contributed by atoms with Gasteiger partial charge in [-0.2, -0.15) is 0 Å². The molecular formula is C17H21N3O3S2. The number of rotatable bonds is 4. The Morgan fingerprint density at radius 2 is 2.12 bits per heavy atom. The van der Waals surface area contributed by atoms with Crippen LogP contribution in [0.15, 0.2) is 28.5 Å². The number of hydrogen-bond acceptors (Lipinski definition) is 5. The van der Waals surface area contributed by atoms with E-state index in [0.29, 0.717) is 5.69 Å². The third-order valence-electron chi connectivity index (χ3n) is 4.50. The molecule has 0 saturated carbocycles. The van der Waals surface area contributed by atoms with Crippen molar-refractivity contribution in [2.24, 2.45) is 5.14 Å². The van der Waals surface area contributed by atoms with E-state index in [1.54, 1.807) is 18.3 Å². The van der Waals surface area contributed by atoms with Crippen LogP contribution < -0.4 is 10.5 Å². The van der Waals surface area contributed by atoms with Crippen molar-refractivity contribution in [3.05, 3.63) is 45.1 Å². The Morgan fingerprint density at radius 3 is 2.84 bits per heavy atom. The quantitative estimate of drug-likeness (QED) is 0.850. The van der Waals surface area contributed by atoms with Crippen molar-refractivity contribution in [2.45, 2.75) is 31.7 Å². The molecule has 134 valence electrons. The highest BCUT2D eigenvalue weighted by atomic mass is 32.2. The third kappa shape index (κ3) is 4.09. The van der Waals surface area contributed by atoms with Gasteiger partial charge >= 0.3 is 0 Å². The Morgan fingerprint density at radius 1 is 1.36 bits per heavy atom. The number of nitrogens with zero attached hydrogens (tertiary/aromatic N) is 1. The number of anilines is 1. The highest BCUT2D eigenvalue weighted by Crippen LogP contribution is 2.25. The summed E-state index contributed by atoms with van der Waals surface area (Å²) in [6.45, 7) is 5.52. The van der Waals surface area contributed by atoms with E-state index in [1.165, 1.54) is 22.6 Å². The summed E-state index contributed by atoms with van der Waals surface area (Å²) in [5.41, 5.74) is 3.37. The van der Waals surface area contributed by atoms with Crippen LogP contribution >= 0.6 is 11.3 Å². The van der Waals surface area contributed by atoms with Gasteiger partial charge in [0, 0.05) is 23.7 Å². The van der Waals surface area contributed by atoms with Crippen molar-refractivity contribution in [3.63, 3.8) is 0 Å². The fraction of sp³-hybridized carbons (Fsp3) is 0.353. The van der Waals surface area contributed by atoms with E-state index in [4.69, 9.17) is 5.14 Å². The summed E-state index contributed by atoms with van der Waals surface area (Å²) >= 11 is 1.76. The van der Waals surface area contributed by atoms with Gasteiger partial charge in [0.1, 0.15) is 0 Å². The second-order valence-electron chi connectivity index (χ2n) is 6.34. The number of carbonyl (C=O) groups excluding carboxylic acids is 1. The van der Waals surface area contributed by atoms with Crippen LogP contribution in [0.4, 0.5) is 5.69 Å². The second kappa shape index (κ2) is 6.87. The average Bonchev–Trinajstić information content (AvgIpc) is 2.98. The maximum absolute atomic E-state index is 12.4. The van der Waals surface area contributed by atoms with Gasteiger partial charge in [-0.25, -0.2) is 13.6 Å². The van der Waals surface area contributed by atoms with Crippen molar-refractivity contribution in [1.82, 2.24) is 4.90 Å². The molecule has 1 aliphatic heterocycles. The molecule has 2 aromatic rings. The lowest BCUT2D eigenvalue weighted by molar-refractivity contribution is -0.117. The fourth-order valence-corrected chi connectivity index (χ4v) is 4.47. The molecule has 1 aromatic heterocycles. The highest BCUT2D eigenvalue weighted by Gasteiger charge is 2.20. The van der Waals surface area contributed by atoms with E-state index in [0.717, 1.165) is 30.6 Å². The number of thiophene rings is 1. The number of primary sulfonamides is 1. The Kier molecular flexibility index (Phi) is 4.97. The normalized spacial score (nSPS) is 15.0. The van der Waals surface area contributed by atoms with E-state index < -0.39 is 10.0 Å². The molecule has 8 heteroatoms. The molecule has 0 spiro atoms. The molecule has 1 aromatic carbocycles. The molecule has 0 bridgehead atoms. The highest BCUT2D eigenvalue weighted by molar-refractivity contribution is 7.89. The second-order valence-corrected chi connectivity index (χ2v) is 8.90. The van der Waals surface area contributed by atoms with E-state index in [9.17, 15) is 13.2 Å². The number of benzene rings is 1. The van der Waals surface area contributed by atoms with E-state index in [1.807, 2.05) is 6.92 Å². The van der Waals surface area contributed by atoms with Crippen LogP contribution in [0.25, 0.3) is 0 Å². The predicted octanol–water partition coefficient (Wildman–Crippen LogP) is 2.01. The van der Waals surface area contributed by atoms with Crippen LogP contribution in [-0.2, 0) is 27.8 Å².